The first-order valence-electron chi connectivity index (χ1n) is 9.50. The molecule has 1 aliphatic heterocycles. The van der Waals surface area contributed by atoms with E-state index < -0.39 is 0 Å². The average molecular weight is 403 g/mol. The van der Waals surface area contributed by atoms with Crippen LogP contribution in [0.25, 0.3) is 6.08 Å². The minimum atomic E-state index is -0.212. The molecule has 3 rings (SSSR count). The quantitative estimate of drug-likeness (QED) is 0.676. The number of anilines is 2. The van der Waals surface area contributed by atoms with Crippen molar-refractivity contribution in [3.8, 4) is 11.5 Å². The highest BCUT2D eigenvalue weighted by atomic mass is 32.1. The van der Waals surface area contributed by atoms with Crippen molar-refractivity contribution in [3.05, 3.63) is 40.6 Å². The fourth-order valence-corrected chi connectivity index (χ4v) is 3.58. The highest BCUT2D eigenvalue weighted by Gasteiger charge is 2.20. The first kappa shape index (κ1) is 20.2. The maximum atomic E-state index is 12.4. The van der Waals surface area contributed by atoms with Crippen LogP contribution in [0.2, 0.25) is 0 Å². The Hall–Kier alpha value is -2.51. The molecule has 7 heteroatoms. The van der Waals surface area contributed by atoms with Gasteiger partial charge in [0.2, 0.25) is 5.91 Å². The summed E-state index contributed by atoms with van der Waals surface area (Å²) < 4.78 is 17.1. The van der Waals surface area contributed by atoms with Crippen LogP contribution in [-0.2, 0) is 9.53 Å². The Kier molecular flexibility index (Phi) is 7.33. The topological polar surface area (TPSA) is 60.0 Å². The van der Waals surface area contributed by atoms with Crippen LogP contribution in [0.15, 0.2) is 35.7 Å². The zero-order valence-electron chi connectivity index (χ0n) is 16.3. The lowest BCUT2D eigenvalue weighted by atomic mass is 10.2. The molecule has 1 saturated heterocycles. The molecule has 150 valence electrons. The second-order valence-electron chi connectivity index (χ2n) is 6.12. The van der Waals surface area contributed by atoms with E-state index in [1.165, 1.54) is 6.08 Å². The molecule has 0 spiro atoms. The Morgan fingerprint density at radius 2 is 1.96 bits per heavy atom. The number of thiophene rings is 1. The van der Waals surface area contributed by atoms with Gasteiger partial charge in [0.15, 0.2) is 0 Å². The second-order valence-corrected chi connectivity index (χ2v) is 7.10. The maximum Gasteiger partial charge on any atom is 0.248 e. The summed E-state index contributed by atoms with van der Waals surface area (Å²) in [4.78, 5) is 15.7. The predicted octanol–water partition coefficient (Wildman–Crippen LogP) is 4.03. The van der Waals surface area contributed by atoms with E-state index in [0.29, 0.717) is 37.9 Å². The summed E-state index contributed by atoms with van der Waals surface area (Å²) in [6.45, 7) is 7.86. The molecule has 28 heavy (non-hydrogen) atoms. The third-order valence-corrected chi connectivity index (χ3v) is 5.05. The molecule has 0 unspecified atom stereocenters. The molecule has 1 aliphatic rings. The molecule has 1 aromatic carbocycles. The van der Waals surface area contributed by atoms with Crippen molar-refractivity contribution >= 4 is 34.7 Å². The SMILES string of the molecule is CCOc1cc(N2CCOCC2)c(OCC)cc1NC(=O)/C=C/c1cccs1. The molecular weight excluding hydrogens is 376 g/mol. The van der Waals surface area contributed by atoms with E-state index in [-0.39, 0.29) is 5.91 Å². The number of hydrogen-bond acceptors (Lipinski definition) is 6. The van der Waals surface area contributed by atoms with E-state index in [1.807, 2.05) is 43.5 Å². The summed E-state index contributed by atoms with van der Waals surface area (Å²) in [7, 11) is 0. The lowest BCUT2D eigenvalue weighted by Gasteiger charge is -2.31. The summed E-state index contributed by atoms with van der Waals surface area (Å²) in [5.41, 5.74) is 1.56. The molecule has 2 aromatic rings. The second kappa shape index (κ2) is 10.1. The third-order valence-electron chi connectivity index (χ3n) is 4.21. The normalized spacial score (nSPS) is 14.3. The Bertz CT molecular complexity index is 799. The van der Waals surface area contributed by atoms with E-state index >= 15 is 0 Å². The number of nitrogens with zero attached hydrogens (tertiary/aromatic N) is 1. The van der Waals surface area contributed by atoms with E-state index in [4.69, 9.17) is 14.2 Å². The van der Waals surface area contributed by atoms with Gasteiger partial charge in [0.05, 0.1) is 37.8 Å². The van der Waals surface area contributed by atoms with Crippen molar-refractivity contribution in [1.82, 2.24) is 0 Å². The zero-order chi connectivity index (χ0) is 19.8. The number of hydrogen-bond donors (Lipinski definition) is 1. The number of ether oxygens (including phenoxy) is 3. The Morgan fingerprint density at radius 3 is 2.64 bits per heavy atom. The monoisotopic (exact) mass is 402 g/mol. The highest BCUT2D eigenvalue weighted by molar-refractivity contribution is 7.10. The fourth-order valence-electron chi connectivity index (χ4n) is 2.96. The van der Waals surface area contributed by atoms with Crippen LogP contribution in [0.4, 0.5) is 11.4 Å². The van der Waals surface area contributed by atoms with Crippen molar-refractivity contribution in [2.24, 2.45) is 0 Å². The van der Waals surface area contributed by atoms with E-state index in [0.717, 1.165) is 29.4 Å². The van der Waals surface area contributed by atoms with Gasteiger partial charge in [0.1, 0.15) is 11.5 Å². The van der Waals surface area contributed by atoms with Gasteiger partial charge in [-0.05, 0) is 31.4 Å². The van der Waals surface area contributed by atoms with Crippen molar-refractivity contribution < 1.29 is 19.0 Å². The number of carbonyl (C=O) groups excluding carboxylic acids is 1. The molecule has 0 radical (unpaired) electrons. The van der Waals surface area contributed by atoms with Gasteiger partial charge in [-0.3, -0.25) is 4.79 Å². The molecule has 6 nitrogen and oxygen atoms in total. The van der Waals surface area contributed by atoms with Gasteiger partial charge < -0.3 is 24.4 Å². The molecule has 2 heterocycles. The lowest BCUT2D eigenvalue weighted by Crippen LogP contribution is -2.36. The minimum Gasteiger partial charge on any atom is -0.492 e. The van der Waals surface area contributed by atoms with Crippen LogP contribution < -0.4 is 19.7 Å². The average Bonchev–Trinajstić information content (AvgIpc) is 3.23. The van der Waals surface area contributed by atoms with E-state index in [1.54, 1.807) is 17.4 Å². The maximum absolute atomic E-state index is 12.4. The summed E-state index contributed by atoms with van der Waals surface area (Å²) in [6, 6.07) is 7.70. The molecule has 0 atom stereocenters. The summed E-state index contributed by atoms with van der Waals surface area (Å²) in [5, 5.41) is 4.89. The standard InChI is InChI=1S/C21H26N2O4S/c1-3-26-19-15-18(23-9-11-25-12-10-23)20(27-4-2)14-17(19)22-21(24)8-7-16-6-5-13-28-16/h5-8,13-15H,3-4,9-12H2,1-2H3,(H,22,24)/b8-7+. The fraction of sp³-hybridized carbons (Fsp3) is 0.381. The number of rotatable bonds is 8. The molecule has 0 bridgehead atoms. The largest absolute Gasteiger partial charge is 0.492 e. The summed E-state index contributed by atoms with van der Waals surface area (Å²) >= 11 is 1.58. The van der Waals surface area contributed by atoms with E-state index in [9.17, 15) is 4.79 Å². The Balaban J connectivity index is 1.85. The van der Waals surface area contributed by atoms with Crippen LogP contribution in [-0.4, -0.2) is 45.4 Å². The summed E-state index contributed by atoms with van der Waals surface area (Å²) in [6.07, 6.45) is 3.32. The zero-order valence-corrected chi connectivity index (χ0v) is 17.1. The minimum absolute atomic E-state index is 0.212. The van der Waals surface area contributed by atoms with Crippen molar-refractivity contribution in [2.45, 2.75) is 13.8 Å². The van der Waals surface area contributed by atoms with Gasteiger partial charge >= 0.3 is 0 Å². The Labute approximate surface area is 169 Å². The molecule has 1 amide bonds. The summed E-state index contributed by atoms with van der Waals surface area (Å²) in [5.74, 6) is 1.15. The predicted molar refractivity (Wildman–Crippen MR) is 114 cm³/mol. The highest BCUT2D eigenvalue weighted by Crippen LogP contribution is 2.39. The van der Waals surface area contributed by atoms with Crippen LogP contribution in [0.5, 0.6) is 11.5 Å². The third kappa shape index (κ3) is 5.27. The van der Waals surface area contributed by atoms with Crippen molar-refractivity contribution in [2.75, 3.05) is 49.7 Å². The lowest BCUT2D eigenvalue weighted by molar-refractivity contribution is -0.111. The van der Waals surface area contributed by atoms with Crippen LogP contribution in [0, 0.1) is 0 Å². The first-order chi connectivity index (χ1) is 13.7. The molecule has 0 aliphatic carbocycles. The van der Waals surface area contributed by atoms with Crippen molar-refractivity contribution in [3.63, 3.8) is 0 Å². The van der Waals surface area contributed by atoms with Crippen LogP contribution in [0.1, 0.15) is 18.7 Å². The first-order valence-corrected chi connectivity index (χ1v) is 10.4. The molecule has 1 fully saturated rings. The molecular formula is C21H26N2O4S. The van der Waals surface area contributed by atoms with Gasteiger partial charge in [0.25, 0.3) is 0 Å². The Morgan fingerprint density at radius 1 is 1.21 bits per heavy atom. The van der Waals surface area contributed by atoms with Gasteiger partial charge in [-0.1, -0.05) is 6.07 Å². The van der Waals surface area contributed by atoms with Gasteiger partial charge in [-0.15, -0.1) is 11.3 Å². The number of carbonyl (C=O) groups is 1. The van der Waals surface area contributed by atoms with E-state index in [2.05, 4.69) is 10.2 Å². The van der Waals surface area contributed by atoms with Crippen molar-refractivity contribution in [1.29, 1.82) is 0 Å². The number of morpholine rings is 1. The van der Waals surface area contributed by atoms with Gasteiger partial charge in [0, 0.05) is 36.2 Å². The van der Waals surface area contributed by atoms with Crippen LogP contribution in [0.3, 0.4) is 0 Å². The van der Waals surface area contributed by atoms with Gasteiger partial charge in [-0.25, -0.2) is 0 Å². The molecule has 0 saturated carbocycles. The number of amides is 1. The smallest absolute Gasteiger partial charge is 0.248 e. The molecule has 1 N–H and O–H groups in total. The number of nitrogens with one attached hydrogen (secondary N) is 1. The molecule has 1 aromatic heterocycles. The van der Waals surface area contributed by atoms with Crippen LogP contribution >= 0.6 is 11.3 Å². The number of benzene rings is 1. The van der Waals surface area contributed by atoms with Gasteiger partial charge in [-0.2, -0.15) is 0 Å².